The van der Waals surface area contributed by atoms with E-state index in [1.807, 2.05) is 0 Å². The molecule has 0 radical (unpaired) electrons. The minimum Gasteiger partial charge on any atom is -0.475 e. The van der Waals surface area contributed by atoms with Crippen LogP contribution in [0.4, 0.5) is 5.69 Å². The van der Waals surface area contributed by atoms with Gasteiger partial charge >= 0.3 is 5.97 Å². The Morgan fingerprint density at radius 2 is 2.15 bits per heavy atom. The molecule has 0 unspecified atom stereocenters. The van der Waals surface area contributed by atoms with Crippen molar-refractivity contribution in [3.05, 3.63) is 57.5 Å². The van der Waals surface area contributed by atoms with Gasteiger partial charge in [-0.05, 0) is 19.1 Å². The molecule has 104 valence electrons. The average molecular weight is 293 g/mol. The molecule has 0 aliphatic rings. The van der Waals surface area contributed by atoms with Crippen LogP contribution < -0.4 is 0 Å². The third-order valence-electron chi connectivity index (χ3n) is 2.68. The first-order valence-electron chi connectivity index (χ1n) is 5.68. The number of aryl methyl sites for hydroxylation is 1. The van der Waals surface area contributed by atoms with E-state index in [1.165, 1.54) is 23.9 Å². The normalized spacial score (nSPS) is 10.4. The Labute approximate surface area is 118 Å². The lowest BCUT2D eigenvalue weighted by molar-refractivity contribution is -0.387. The van der Waals surface area contributed by atoms with Crippen LogP contribution in [0.5, 0.6) is 0 Å². The first kappa shape index (κ1) is 14.1. The third-order valence-corrected chi connectivity index (χ3v) is 3.79. The molecule has 0 spiro atoms. The Morgan fingerprint density at radius 3 is 2.75 bits per heavy atom. The standard InChI is InChI=1S/C13H11NO5S/c1-8-9(6-11(19-8)13(15)16)7-20-12-5-3-2-4-10(12)14(17)18/h2-6H,7H2,1H3,(H,15,16). The van der Waals surface area contributed by atoms with Gasteiger partial charge in [0.2, 0.25) is 5.76 Å². The van der Waals surface area contributed by atoms with E-state index in [1.54, 1.807) is 25.1 Å². The fourth-order valence-corrected chi connectivity index (χ4v) is 2.72. The number of para-hydroxylation sites is 1. The van der Waals surface area contributed by atoms with Crippen LogP contribution in [0.3, 0.4) is 0 Å². The van der Waals surface area contributed by atoms with Crippen LogP contribution in [-0.4, -0.2) is 16.0 Å². The van der Waals surface area contributed by atoms with Crippen LogP contribution in [0, 0.1) is 17.0 Å². The Balaban J connectivity index is 2.17. The van der Waals surface area contributed by atoms with Gasteiger partial charge in [0, 0.05) is 17.4 Å². The second-order valence-corrected chi connectivity index (χ2v) is 5.03. The van der Waals surface area contributed by atoms with E-state index in [-0.39, 0.29) is 11.4 Å². The van der Waals surface area contributed by atoms with Crippen LogP contribution in [0.1, 0.15) is 21.9 Å². The molecular formula is C13H11NO5S. The van der Waals surface area contributed by atoms with Crippen LogP contribution in [-0.2, 0) is 5.75 Å². The van der Waals surface area contributed by atoms with Crippen molar-refractivity contribution in [3.8, 4) is 0 Å². The Kier molecular flexibility index (Phi) is 4.09. The molecule has 0 aliphatic carbocycles. The summed E-state index contributed by atoms with van der Waals surface area (Å²) in [5, 5.41) is 19.7. The maximum Gasteiger partial charge on any atom is 0.371 e. The van der Waals surface area contributed by atoms with E-state index < -0.39 is 10.9 Å². The zero-order valence-electron chi connectivity index (χ0n) is 10.5. The largest absolute Gasteiger partial charge is 0.475 e. The van der Waals surface area contributed by atoms with Crippen molar-refractivity contribution >= 4 is 23.4 Å². The summed E-state index contributed by atoms with van der Waals surface area (Å²) in [4.78, 5) is 21.8. The smallest absolute Gasteiger partial charge is 0.371 e. The zero-order valence-corrected chi connectivity index (χ0v) is 11.3. The summed E-state index contributed by atoms with van der Waals surface area (Å²) in [7, 11) is 0. The molecule has 0 saturated heterocycles. The number of thioether (sulfide) groups is 1. The lowest BCUT2D eigenvalue weighted by atomic mass is 10.3. The molecule has 0 fully saturated rings. The molecule has 0 saturated carbocycles. The van der Waals surface area contributed by atoms with Crippen LogP contribution >= 0.6 is 11.8 Å². The molecule has 0 atom stereocenters. The number of hydrogen-bond acceptors (Lipinski definition) is 5. The Hall–Kier alpha value is -2.28. The van der Waals surface area contributed by atoms with Crippen LogP contribution in [0.2, 0.25) is 0 Å². The minimum absolute atomic E-state index is 0.0390. The molecule has 1 aromatic heterocycles. The molecule has 1 aromatic carbocycles. The van der Waals surface area contributed by atoms with Gasteiger partial charge in [-0.2, -0.15) is 0 Å². The average Bonchev–Trinajstić information content (AvgIpc) is 2.78. The molecule has 2 aromatic rings. The number of carboxylic acid groups (broad SMARTS) is 1. The highest BCUT2D eigenvalue weighted by Crippen LogP contribution is 2.32. The molecule has 20 heavy (non-hydrogen) atoms. The molecule has 1 N–H and O–H groups in total. The summed E-state index contributed by atoms with van der Waals surface area (Å²) in [6, 6.07) is 7.87. The summed E-state index contributed by atoms with van der Waals surface area (Å²) in [6.45, 7) is 1.67. The number of rotatable bonds is 5. The van der Waals surface area contributed by atoms with Crippen molar-refractivity contribution in [2.45, 2.75) is 17.6 Å². The molecule has 2 rings (SSSR count). The van der Waals surface area contributed by atoms with E-state index in [0.717, 1.165) is 0 Å². The predicted molar refractivity (Wildman–Crippen MR) is 73.1 cm³/mol. The number of aromatic carboxylic acids is 1. The topological polar surface area (TPSA) is 93.6 Å². The van der Waals surface area contributed by atoms with Crippen LogP contribution in [0.25, 0.3) is 0 Å². The quantitative estimate of drug-likeness (QED) is 0.515. The molecule has 0 bridgehead atoms. The highest BCUT2D eigenvalue weighted by Gasteiger charge is 2.16. The first-order valence-corrected chi connectivity index (χ1v) is 6.66. The van der Waals surface area contributed by atoms with Gasteiger partial charge in [0.05, 0.1) is 9.82 Å². The third kappa shape index (κ3) is 3.00. The number of hydrogen-bond donors (Lipinski definition) is 1. The zero-order chi connectivity index (χ0) is 14.7. The maximum absolute atomic E-state index is 10.9. The van der Waals surface area contributed by atoms with E-state index >= 15 is 0 Å². The van der Waals surface area contributed by atoms with Crippen molar-refractivity contribution in [3.63, 3.8) is 0 Å². The van der Waals surface area contributed by atoms with Gasteiger partial charge in [-0.15, -0.1) is 11.8 Å². The van der Waals surface area contributed by atoms with Gasteiger partial charge in [0.1, 0.15) is 5.76 Å². The second-order valence-electron chi connectivity index (χ2n) is 4.01. The summed E-state index contributed by atoms with van der Waals surface area (Å²) >= 11 is 1.27. The van der Waals surface area contributed by atoms with E-state index in [9.17, 15) is 14.9 Å². The van der Waals surface area contributed by atoms with Crippen LogP contribution in [0.15, 0.2) is 39.6 Å². The van der Waals surface area contributed by atoms with Gasteiger partial charge in [-0.25, -0.2) is 4.79 Å². The van der Waals surface area contributed by atoms with Crippen molar-refractivity contribution in [1.29, 1.82) is 0 Å². The number of carbonyl (C=O) groups is 1. The highest BCUT2D eigenvalue weighted by molar-refractivity contribution is 7.98. The van der Waals surface area contributed by atoms with Gasteiger partial charge in [-0.3, -0.25) is 10.1 Å². The number of benzene rings is 1. The maximum atomic E-state index is 10.9. The molecular weight excluding hydrogens is 282 g/mol. The summed E-state index contributed by atoms with van der Waals surface area (Å²) in [6.07, 6.45) is 0. The van der Waals surface area contributed by atoms with Crippen molar-refractivity contribution in [1.82, 2.24) is 0 Å². The van der Waals surface area contributed by atoms with Gasteiger partial charge in [-0.1, -0.05) is 12.1 Å². The molecule has 6 nitrogen and oxygen atoms in total. The lowest BCUT2D eigenvalue weighted by Gasteiger charge is -2.01. The van der Waals surface area contributed by atoms with E-state index in [2.05, 4.69) is 0 Å². The fraction of sp³-hybridized carbons (Fsp3) is 0.154. The lowest BCUT2D eigenvalue weighted by Crippen LogP contribution is -1.92. The van der Waals surface area contributed by atoms with E-state index in [4.69, 9.17) is 9.52 Å². The van der Waals surface area contributed by atoms with Crippen molar-refractivity contribution < 1.29 is 19.2 Å². The summed E-state index contributed by atoms with van der Waals surface area (Å²) < 4.78 is 5.10. The Bertz CT molecular complexity index is 665. The SMILES string of the molecule is Cc1oc(C(=O)O)cc1CSc1ccccc1[N+](=O)[O-]. The number of nitro groups is 1. The van der Waals surface area contributed by atoms with Gasteiger partial charge in [0.25, 0.3) is 5.69 Å². The number of furan rings is 1. The first-order chi connectivity index (χ1) is 9.49. The van der Waals surface area contributed by atoms with Gasteiger partial charge < -0.3 is 9.52 Å². The monoisotopic (exact) mass is 293 g/mol. The number of nitro benzene ring substituents is 1. The summed E-state index contributed by atoms with van der Waals surface area (Å²) in [5.41, 5.74) is 0.752. The highest BCUT2D eigenvalue weighted by atomic mass is 32.2. The summed E-state index contributed by atoms with van der Waals surface area (Å²) in [5.74, 6) is -0.336. The minimum atomic E-state index is -1.13. The fourth-order valence-electron chi connectivity index (χ4n) is 1.65. The second kappa shape index (κ2) is 5.79. The molecule has 0 amide bonds. The van der Waals surface area contributed by atoms with E-state index in [0.29, 0.717) is 22.0 Å². The number of nitrogens with zero attached hydrogens (tertiary/aromatic N) is 1. The molecule has 0 aliphatic heterocycles. The number of carboxylic acids is 1. The van der Waals surface area contributed by atoms with Crippen molar-refractivity contribution in [2.75, 3.05) is 0 Å². The predicted octanol–water partition coefficient (Wildman–Crippen LogP) is 3.49. The molecule has 7 heteroatoms. The van der Waals surface area contributed by atoms with Crippen molar-refractivity contribution in [2.24, 2.45) is 0 Å². The Morgan fingerprint density at radius 1 is 1.45 bits per heavy atom. The molecule has 1 heterocycles. The van der Waals surface area contributed by atoms with Gasteiger partial charge in [0.15, 0.2) is 0 Å².